The number of nitrogens with zero attached hydrogens (tertiary/aromatic N) is 1. The summed E-state index contributed by atoms with van der Waals surface area (Å²) < 4.78 is 6.80. The second kappa shape index (κ2) is 3.86. The van der Waals surface area contributed by atoms with Crippen molar-refractivity contribution in [2.45, 2.75) is 31.7 Å². The highest BCUT2D eigenvalue weighted by Crippen LogP contribution is 2.29. The van der Waals surface area contributed by atoms with Crippen molar-refractivity contribution < 1.29 is 9.53 Å². The molecule has 0 radical (unpaired) electrons. The van der Waals surface area contributed by atoms with E-state index in [1.54, 1.807) is 0 Å². The van der Waals surface area contributed by atoms with Crippen LogP contribution in [0.5, 0.6) is 0 Å². The van der Waals surface area contributed by atoms with Crippen LogP contribution >= 0.6 is 0 Å². The molecule has 1 heterocycles. The number of esters is 1. The van der Waals surface area contributed by atoms with Gasteiger partial charge in [-0.05, 0) is 18.9 Å². The Morgan fingerprint density at radius 3 is 2.86 bits per heavy atom. The molecule has 3 heteroatoms. The molecule has 0 unspecified atom stereocenters. The van der Waals surface area contributed by atoms with Crippen LogP contribution in [0.25, 0.3) is 0 Å². The highest BCUT2D eigenvalue weighted by atomic mass is 16.5. The van der Waals surface area contributed by atoms with Gasteiger partial charge in [-0.25, -0.2) is 4.79 Å². The summed E-state index contributed by atoms with van der Waals surface area (Å²) in [5, 5.41) is 0. The lowest BCUT2D eigenvalue weighted by Crippen LogP contribution is -2.03. The number of aromatic nitrogens is 1. The van der Waals surface area contributed by atoms with E-state index in [0.717, 1.165) is 0 Å². The third kappa shape index (κ3) is 1.67. The van der Waals surface area contributed by atoms with Crippen LogP contribution in [-0.4, -0.2) is 17.6 Å². The number of ether oxygens (including phenoxy) is 1. The molecular formula is C11H15NO2. The van der Waals surface area contributed by atoms with E-state index in [9.17, 15) is 4.79 Å². The third-order valence-corrected chi connectivity index (χ3v) is 2.88. The molecular weight excluding hydrogens is 178 g/mol. The second-order valence-corrected chi connectivity index (χ2v) is 3.78. The predicted octanol–water partition coefficient (Wildman–Crippen LogP) is 2.39. The molecule has 1 aromatic rings. The van der Waals surface area contributed by atoms with Gasteiger partial charge in [0.1, 0.15) is 0 Å². The fourth-order valence-corrected chi connectivity index (χ4v) is 2.08. The van der Waals surface area contributed by atoms with Crippen molar-refractivity contribution in [3.63, 3.8) is 0 Å². The van der Waals surface area contributed by atoms with Crippen LogP contribution in [0.4, 0.5) is 0 Å². The Balaban J connectivity index is 2.12. The van der Waals surface area contributed by atoms with Crippen molar-refractivity contribution in [3.8, 4) is 0 Å². The Kier molecular flexibility index (Phi) is 2.57. The van der Waals surface area contributed by atoms with Gasteiger partial charge in [0.25, 0.3) is 0 Å². The summed E-state index contributed by atoms with van der Waals surface area (Å²) in [4.78, 5) is 11.2. The lowest BCUT2D eigenvalue weighted by Gasteiger charge is -2.10. The SMILES string of the molecule is COC(=O)c1ccn(C2CCCC2)c1. The molecule has 3 nitrogen and oxygen atoms in total. The topological polar surface area (TPSA) is 31.2 Å². The Hall–Kier alpha value is -1.25. The molecule has 0 saturated heterocycles. The molecule has 0 atom stereocenters. The molecule has 2 rings (SSSR count). The quantitative estimate of drug-likeness (QED) is 0.675. The van der Waals surface area contributed by atoms with Crippen LogP contribution in [0.2, 0.25) is 0 Å². The van der Waals surface area contributed by atoms with Gasteiger partial charge in [-0.15, -0.1) is 0 Å². The lowest BCUT2D eigenvalue weighted by molar-refractivity contribution is 0.0600. The average molecular weight is 193 g/mol. The van der Waals surface area contributed by atoms with Gasteiger partial charge in [0.15, 0.2) is 0 Å². The van der Waals surface area contributed by atoms with E-state index < -0.39 is 0 Å². The van der Waals surface area contributed by atoms with Crippen molar-refractivity contribution >= 4 is 5.97 Å². The van der Waals surface area contributed by atoms with Gasteiger partial charge in [0, 0.05) is 18.4 Å². The Labute approximate surface area is 83.7 Å². The number of methoxy groups -OCH3 is 1. The Morgan fingerprint density at radius 1 is 1.50 bits per heavy atom. The van der Waals surface area contributed by atoms with Crippen LogP contribution in [0.3, 0.4) is 0 Å². The summed E-state index contributed by atoms with van der Waals surface area (Å²) in [6.45, 7) is 0. The molecule has 0 aliphatic heterocycles. The summed E-state index contributed by atoms with van der Waals surface area (Å²) in [7, 11) is 1.41. The summed E-state index contributed by atoms with van der Waals surface area (Å²) in [6.07, 6.45) is 8.93. The number of carbonyl (C=O) groups excluding carboxylic acids is 1. The molecule has 0 aromatic carbocycles. The average Bonchev–Trinajstić information content (AvgIpc) is 2.86. The minimum Gasteiger partial charge on any atom is -0.465 e. The van der Waals surface area contributed by atoms with E-state index >= 15 is 0 Å². The first-order chi connectivity index (χ1) is 6.81. The van der Waals surface area contributed by atoms with Crippen molar-refractivity contribution in [3.05, 3.63) is 24.0 Å². The number of rotatable bonds is 2. The number of carbonyl (C=O) groups is 1. The van der Waals surface area contributed by atoms with Crippen molar-refractivity contribution in [1.29, 1.82) is 0 Å². The maximum absolute atomic E-state index is 11.2. The molecule has 1 fully saturated rings. The monoisotopic (exact) mass is 193 g/mol. The highest BCUT2D eigenvalue weighted by molar-refractivity contribution is 5.89. The molecule has 1 aliphatic rings. The number of hydrogen-bond acceptors (Lipinski definition) is 2. The van der Waals surface area contributed by atoms with Crippen molar-refractivity contribution in [1.82, 2.24) is 4.57 Å². The summed E-state index contributed by atoms with van der Waals surface area (Å²) in [5.74, 6) is -0.248. The summed E-state index contributed by atoms with van der Waals surface area (Å²) in [6, 6.07) is 2.41. The van der Waals surface area contributed by atoms with Gasteiger partial charge in [-0.1, -0.05) is 12.8 Å². The van der Waals surface area contributed by atoms with Crippen LogP contribution < -0.4 is 0 Å². The molecule has 0 bridgehead atoms. The standard InChI is InChI=1S/C11H15NO2/c1-14-11(13)9-6-7-12(8-9)10-4-2-3-5-10/h6-8,10H,2-5H2,1H3. The maximum Gasteiger partial charge on any atom is 0.339 e. The largest absolute Gasteiger partial charge is 0.465 e. The van der Waals surface area contributed by atoms with Gasteiger partial charge in [-0.3, -0.25) is 0 Å². The van der Waals surface area contributed by atoms with Gasteiger partial charge >= 0.3 is 5.97 Å². The van der Waals surface area contributed by atoms with Crippen LogP contribution in [0.1, 0.15) is 42.1 Å². The molecule has 1 aliphatic carbocycles. The zero-order valence-corrected chi connectivity index (χ0v) is 8.40. The van der Waals surface area contributed by atoms with Crippen LogP contribution in [0, 0.1) is 0 Å². The van der Waals surface area contributed by atoms with E-state index in [1.165, 1.54) is 32.8 Å². The summed E-state index contributed by atoms with van der Waals surface area (Å²) >= 11 is 0. The predicted molar refractivity (Wildman–Crippen MR) is 53.3 cm³/mol. The lowest BCUT2D eigenvalue weighted by atomic mass is 10.2. The fourth-order valence-electron chi connectivity index (χ4n) is 2.08. The highest BCUT2D eigenvalue weighted by Gasteiger charge is 2.17. The number of hydrogen-bond donors (Lipinski definition) is 0. The first-order valence-corrected chi connectivity index (χ1v) is 5.07. The van der Waals surface area contributed by atoms with Crippen molar-refractivity contribution in [2.75, 3.05) is 7.11 Å². The van der Waals surface area contributed by atoms with Gasteiger partial charge in [0.2, 0.25) is 0 Å². The van der Waals surface area contributed by atoms with Gasteiger partial charge < -0.3 is 9.30 Å². The normalized spacial score (nSPS) is 17.2. The van der Waals surface area contributed by atoms with E-state index in [0.29, 0.717) is 11.6 Å². The van der Waals surface area contributed by atoms with Crippen LogP contribution in [0.15, 0.2) is 18.5 Å². The molecule has 76 valence electrons. The zero-order valence-electron chi connectivity index (χ0n) is 8.40. The second-order valence-electron chi connectivity index (χ2n) is 3.78. The van der Waals surface area contributed by atoms with E-state index in [2.05, 4.69) is 9.30 Å². The van der Waals surface area contributed by atoms with E-state index in [4.69, 9.17) is 0 Å². The van der Waals surface area contributed by atoms with Gasteiger partial charge in [0.05, 0.1) is 12.7 Å². The minimum atomic E-state index is -0.248. The molecule has 14 heavy (non-hydrogen) atoms. The maximum atomic E-state index is 11.2. The van der Waals surface area contributed by atoms with Gasteiger partial charge in [-0.2, -0.15) is 0 Å². The van der Waals surface area contributed by atoms with E-state index in [1.807, 2.05) is 18.5 Å². The first kappa shape index (κ1) is 9.31. The molecule has 1 aromatic heterocycles. The fraction of sp³-hybridized carbons (Fsp3) is 0.545. The Bertz CT molecular complexity index is 324. The summed E-state index contributed by atoms with van der Waals surface area (Å²) in [5.41, 5.74) is 0.652. The molecule has 0 amide bonds. The van der Waals surface area contributed by atoms with Crippen LogP contribution in [-0.2, 0) is 4.74 Å². The van der Waals surface area contributed by atoms with Crippen molar-refractivity contribution in [2.24, 2.45) is 0 Å². The molecule has 1 saturated carbocycles. The smallest absolute Gasteiger partial charge is 0.339 e. The molecule has 0 N–H and O–H groups in total. The minimum absolute atomic E-state index is 0.248. The first-order valence-electron chi connectivity index (χ1n) is 5.07. The third-order valence-electron chi connectivity index (χ3n) is 2.88. The zero-order chi connectivity index (χ0) is 9.97. The Morgan fingerprint density at radius 2 is 2.21 bits per heavy atom. The van der Waals surface area contributed by atoms with E-state index in [-0.39, 0.29) is 5.97 Å². The molecule has 0 spiro atoms.